The molecule has 1 unspecified atom stereocenters. The maximum atomic E-state index is 12.8. The Hall–Kier alpha value is -3.91. The number of esters is 5. The monoisotopic (exact) mass is 1010 g/mol. The smallest absolute Gasteiger partial charge is 0.410 e. The quantitative estimate of drug-likeness (QED) is 0.0344. The highest BCUT2D eigenvalue weighted by atomic mass is 16.6. The Bertz CT molecular complexity index is 1350. The second-order valence-corrected chi connectivity index (χ2v) is 20.5. The first kappa shape index (κ1) is 67.1. The molecule has 414 valence electrons. The number of hydrogen-bond donors (Lipinski definition) is 1. The van der Waals surface area contributed by atoms with E-state index in [4.69, 9.17) is 34.2 Å². The number of rotatable bonds is 42. The van der Waals surface area contributed by atoms with Crippen LogP contribution in [0.3, 0.4) is 0 Å². The zero-order valence-electron chi connectivity index (χ0n) is 45.9. The summed E-state index contributed by atoms with van der Waals surface area (Å²) in [6, 6.07) is -0.258. The average Bonchev–Trinajstić information content (AvgIpc) is 3.78. The van der Waals surface area contributed by atoms with Crippen LogP contribution in [0.5, 0.6) is 0 Å². The summed E-state index contributed by atoms with van der Waals surface area (Å²) in [6.45, 7) is 16.2. The molecular formula is C56H102N2O13. The highest BCUT2D eigenvalue weighted by molar-refractivity contribution is 5.78. The van der Waals surface area contributed by atoms with Crippen LogP contribution in [-0.4, -0.2) is 98.0 Å². The number of unbranched alkanes of at least 4 members (excludes halogenated alkanes) is 20. The molecule has 1 atom stereocenters. The summed E-state index contributed by atoms with van der Waals surface area (Å²) in [5.41, 5.74) is 4.65. The van der Waals surface area contributed by atoms with Crippen LogP contribution < -0.4 is 5.73 Å². The molecule has 1 fully saturated rings. The molecule has 1 saturated heterocycles. The molecule has 0 aromatic heterocycles. The normalized spacial score (nSPS) is 13.4. The third-order valence-corrected chi connectivity index (χ3v) is 12.3. The van der Waals surface area contributed by atoms with E-state index < -0.39 is 47.3 Å². The first-order chi connectivity index (χ1) is 34.0. The molecule has 0 aromatic carbocycles. The zero-order chi connectivity index (χ0) is 53.0. The summed E-state index contributed by atoms with van der Waals surface area (Å²) in [6.07, 6.45) is 27.4. The number of ether oxygens (including phenoxy) is 6. The molecule has 0 spiro atoms. The third kappa shape index (κ3) is 42.3. The van der Waals surface area contributed by atoms with Crippen molar-refractivity contribution >= 4 is 41.8 Å². The Balaban J connectivity index is 0.00000148. The molecule has 15 heteroatoms. The van der Waals surface area contributed by atoms with Crippen molar-refractivity contribution in [3.8, 4) is 0 Å². The third-order valence-electron chi connectivity index (χ3n) is 12.3. The lowest BCUT2D eigenvalue weighted by molar-refractivity contribution is -0.152. The minimum absolute atomic E-state index is 0.0156. The highest BCUT2D eigenvalue weighted by Gasteiger charge is 2.33. The molecule has 0 aromatic rings. The van der Waals surface area contributed by atoms with Crippen molar-refractivity contribution in [2.24, 2.45) is 17.6 Å². The number of likely N-dealkylation sites (tertiary alicyclic amines) is 1. The number of hydrogen-bond acceptors (Lipinski definition) is 13. The Labute approximate surface area is 430 Å². The fourth-order valence-corrected chi connectivity index (χ4v) is 8.22. The van der Waals surface area contributed by atoms with Crippen LogP contribution in [0.15, 0.2) is 0 Å². The van der Waals surface area contributed by atoms with Gasteiger partial charge in [0, 0.05) is 45.1 Å². The van der Waals surface area contributed by atoms with E-state index in [1.54, 1.807) is 4.90 Å². The molecule has 0 saturated carbocycles. The molecule has 71 heavy (non-hydrogen) atoms. The van der Waals surface area contributed by atoms with Crippen LogP contribution in [0.2, 0.25) is 0 Å². The second kappa shape index (κ2) is 44.8. The fraction of sp³-hybridized carbons (Fsp3) is 0.875. The van der Waals surface area contributed by atoms with E-state index in [0.717, 1.165) is 83.5 Å². The van der Waals surface area contributed by atoms with Gasteiger partial charge in [-0.1, -0.05) is 156 Å². The van der Waals surface area contributed by atoms with Gasteiger partial charge in [0.25, 0.3) is 0 Å². The molecular weight excluding hydrogens is 909 g/mol. The van der Waals surface area contributed by atoms with Crippen LogP contribution >= 0.6 is 0 Å². The maximum absolute atomic E-state index is 12.8. The zero-order valence-corrected chi connectivity index (χ0v) is 45.9. The van der Waals surface area contributed by atoms with E-state index in [-0.39, 0.29) is 63.1 Å². The van der Waals surface area contributed by atoms with Gasteiger partial charge in [-0.15, -0.1) is 0 Å². The predicted molar refractivity (Wildman–Crippen MR) is 278 cm³/mol. The molecule has 1 aliphatic heterocycles. The Kier molecular flexibility index (Phi) is 42.3. The molecule has 0 radical (unpaired) electrons. The Morgan fingerprint density at radius 2 is 0.746 bits per heavy atom. The van der Waals surface area contributed by atoms with Crippen molar-refractivity contribution in [2.75, 3.05) is 39.6 Å². The summed E-state index contributed by atoms with van der Waals surface area (Å²) < 4.78 is 32.3. The van der Waals surface area contributed by atoms with Crippen molar-refractivity contribution in [2.45, 2.75) is 266 Å². The average molecular weight is 1010 g/mol. The standard InChI is InChI=1S/C33H59NO8.C23H43NO5/c1-6-8-10-12-14-16-21-39-29(35)23-27(24-30(36)40-22-17-15-13-11-9-7-2)25-31(37)41-26-28-19-18-20-34(28)32(38)42-33(3,4)5;1-3-5-7-9-11-13-15-28-22(26)18-20(17-21(24)25)19-23(27)29-16-14-12-10-8-6-4-2/h27-28H,6-26H2,1-5H3;20H,3-19H2,1-2H3,(H2,24,25). The predicted octanol–water partition coefficient (Wildman–Crippen LogP) is 12.6. The lowest BCUT2D eigenvalue weighted by atomic mass is 9.97. The van der Waals surface area contributed by atoms with Crippen molar-refractivity contribution in [3.63, 3.8) is 0 Å². The van der Waals surface area contributed by atoms with Crippen molar-refractivity contribution in [1.82, 2.24) is 4.90 Å². The molecule has 2 N–H and O–H groups in total. The molecule has 0 bridgehead atoms. The summed E-state index contributed by atoms with van der Waals surface area (Å²) in [4.78, 5) is 87.3. The van der Waals surface area contributed by atoms with Gasteiger partial charge in [0.05, 0.1) is 32.5 Å². The Morgan fingerprint density at radius 1 is 0.451 bits per heavy atom. The summed E-state index contributed by atoms with van der Waals surface area (Å²) in [7, 11) is 0. The number of nitrogens with two attached hydrogens (primary N) is 1. The van der Waals surface area contributed by atoms with Gasteiger partial charge in [-0.05, 0) is 71.1 Å². The molecule has 2 amide bonds. The van der Waals surface area contributed by atoms with Gasteiger partial charge in [0.2, 0.25) is 5.91 Å². The number of nitrogens with zero attached hydrogens (tertiary/aromatic N) is 1. The molecule has 1 heterocycles. The molecule has 15 nitrogen and oxygen atoms in total. The molecule has 1 rings (SSSR count). The van der Waals surface area contributed by atoms with Gasteiger partial charge in [0.1, 0.15) is 12.2 Å². The first-order valence-electron chi connectivity index (χ1n) is 28.1. The van der Waals surface area contributed by atoms with Crippen molar-refractivity contribution in [1.29, 1.82) is 0 Å². The van der Waals surface area contributed by atoms with Crippen LogP contribution in [-0.2, 0) is 57.2 Å². The van der Waals surface area contributed by atoms with Gasteiger partial charge >= 0.3 is 35.9 Å². The largest absolute Gasteiger partial charge is 0.466 e. The van der Waals surface area contributed by atoms with Crippen LogP contribution in [0.1, 0.15) is 254 Å². The first-order valence-corrected chi connectivity index (χ1v) is 28.1. The van der Waals surface area contributed by atoms with Crippen LogP contribution in [0, 0.1) is 11.8 Å². The van der Waals surface area contributed by atoms with Gasteiger partial charge in [0.15, 0.2) is 0 Å². The fourth-order valence-electron chi connectivity index (χ4n) is 8.22. The number of carbonyl (C=O) groups is 7. The van der Waals surface area contributed by atoms with Crippen molar-refractivity contribution in [3.05, 3.63) is 0 Å². The van der Waals surface area contributed by atoms with E-state index in [1.807, 2.05) is 20.8 Å². The van der Waals surface area contributed by atoms with Gasteiger partial charge in [-0.2, -0.15) is 0 Å². The molecule has 0 aliphatic carbocycles. The Morgan fingerprint density at radius 3 is 1.06 bits per heavy atom. The second-order valence-electron chi connectivity index (χ2n) is 20.5. The summed E-state index contributed by atoms with van der Waals surface area (Å²) in [5.74, 6) is -3.67. The minimum Gasteiger partial charge on any atom is -0.466 e. The van der Waals surface area contributed by atoms with Gasteiger partial charge < -0.3 is 39.1 Å². The lowest BCUT2D eigenvalue weighted by Gasteiger charge is -2.28. The van der Waals surface area contributed by atoms with E-state index in [9.17, 15) is 33.6 Å². The maximum Gasteiger partial charge on any atom is 0.410 e. The van der Waals surface area contributed by atoms with E-state index in [2.05, 4.69) is 27.7 Å². The van der Waals surface area contributed by atoms with E-state index in [1.165, 1.54) is 77.0 Å². The van der Waals surface area contributed by atoms with Crippen LogP contribution in [0.4, 0.5) is 4.79 Å². The van der Waals surface area contributed by atoms with Crippen LogP contribution in [0.25, 0.3) is 0 Å². The molecule has 1 aliphatic rings. The number of primary amides is 1. The number of amides is 2. The SMILES string of the molecule is CCCCCCCCOC(=O)CC(CC(=O)OCCCCCCCC)CC(=O)OCC1CCCN1C(=O)OC(C)(C)C.CCCCCCCCOC(=O)CC(CC(N)=O)CC(=O)OCCCCCCCC. The van der Waals surface area contributed by atoms with E-state index in [0.29, 0.717) is 39.4 Å². The number of carbonyl (C=O) groups excluding carboxylic acids is 7. The summed E-state index contributed by atoms with van der Waals surface area (Å²) >= 11 is 0. The lowest BCUT2D eigenvalue weighted by Crippen LogP contribution is -2.42. The van der Waals surface area contributed by atoms with Crippen molar-refractivity contribution < 1.29 is 62.0 Å². The topological polar surface area (TPSA) is 204 Å². The summed E-state index contributed by atoms with van der Waals surface area (Å²) in [5, 5.41) is 0. The van der Waals surface area contributed by atoms with E-state index >= 15 is 0 Å². The minimum atomic E-state index is -0.610. The highest BCUT2D eigenvalue weighted by Crippen LogP contribution is 2.23. The van der Waals surface area contributed by atoms with Gasteiger partial charge in [-0.3, -0.25) is 28.8 Å². The van der Waals surface area contributed by atoms with Gasteiger partial charge in [-0.25, -0.2) is 4.79 Å².